The van der Waals surface area contributed by atoms with E-state index >= 15 is 0 Å². The molecule has 158 valence electrons. The summed E-state index contributed by atoms with van der Waals surface area (Å²) in [7, 11) is 1.28. The van der Waals surface area contributed by atoms with E-state index in [1.54, 1.807) is 17.0 Å². The first-order chi connectivity index (χ1) is 14.5. The molecule has 2 aromatic rings. The summed E-state index contributed by atoms with van der Waals surface area (Å²) in [6.07, 6.45) is 0.882. The van der Waals surface area contributed by atoms with Gasteiger partial charge in [0.1, 0.15) is 6.54 Å². The average Bonchev–Trinajstić information content (AvgIpc) is 3.13. The lowest BCUT2D eigenvalue weighted by molar-refractivity contribution is -0.148. The standard InChI is InChI=1S/C23H25ClN2O4/c1-30-22(28)16-26(14-18-9-5-6-10-20(18)24)23(29)19-13-21(27)25(15-19)12-11-17-7-3-2-4-8-17/h2-10,19H,11-16H2,1H3. The number of carbonyl (C=O) groups is 3. The summed E-state index contributed by atoms with van der Waals surface area (Å²) in [5.74, 6) is -1.28. The summed E-state index contributed by atoms with van der Waals surface area (Å²) < 4.78 is 4.75. The minimum atomic E-state index is -0.513. The van der Waals surface area contributed by atoms with Gasteiger partial charge in [-0.1, -0.05) is 60.1 Å². The first-order valence-electron chi connectivity index (χ1n) is 9.88. The Morgan fingerprint density at radius 3 is 2.53 bits per heavy atom. The molecule has 0 aromatic heterocycles. The number of likely N-dealkylation sites (tertiary alicyclic amines) is 1. The molecule has 2 amide bonds. The van der Waals surface area contributed by atoms with E-state index in [0.717, 1.165) is 17.5 Å². The second-order valence-corrected chi connectivity index (χ2v) is 7.75. The molecule has 1 fully saturated rings. The van der Waals surface area contributed by atoms with E-state index in [9.17, 15) is 14.4 Å². The number of methoxy groups -OCH3 is 1. The third-order valence-corrected chi connectivity index (χ3v) is 5.62. The van der Waals surface area contributed by atoms with Crippen molar-refractivity contribution in [2.24, 2.45) is 5.92 Å². The summed E-state index contributed by atoms with van der Waals surface area (Å²) >= 11 is 6.23. The monoisotopic (exact) mass is 428 g/mol. The molecule has 1 saturated heterocycles. The van der Waals surface area contributed by atoms with Gasteiger partial charge in [-0.2, -0.15) is 0 Å². The van der Waals surface area contributed by atoms with Crippen molar-refractivity contribution in [1.29, 1.82) is 0 Å². The van der Waals surface area contributed by atoms with E-state index in [4.69, 9.17) is 16.3 Å². The van der Waals surface area contributed by atoms with E-state index in [2.05, 4.69) is 0 Å². The molecule has 0 spiro atoms. The Bertz CT molecular complexity index is 903. The van der Waals surface area contributed by atoms with Gasteiger partial charge in [0.25, 0.3) is 0 Å². The minimum absolute atomic E-state index is 0.0416. The van der Waals surface area contributed by atoms with Crippen LogP contribution in [-0.2, 0) is 32.1 Å². The van der Waals surface area contributed by atoms with Crippen LogP contribution in [0.2, 0.25) is 5.02 Å². The minimum Gasteiger partial charge on any atom is -0.468 e. The quantitative estimate of drug-likeness (QED) is 0.606. The number of halogens is 1. The molecular formula is C23H25ClN2O4. The molecule has 2 aromatic carbocycles. The van der Waals surface area contributed by atoms with E-state index in [1.807, 2.05) is 42.5 Å². The summed E-state index contributed by atoms with van der Waals surface area (Å²) in [5.41, 5.74) is 1.88. The molecule has 6 nitrogen and oxygen atoms in total. The highest BCUT2D eigenvalue weighted by Crippen LogP contribution is 2.23. The van der Waals surface area contributed by atoms with Crippen LogP contribution in [0, 0.1) is 5.92 Å². The molecule has 0 N–H and O–H groups in total. The van der Waals surface area contributed by atoms with E-state index in [1.165, 1.54) is 12.0 Å². The number of ether oxygens (including phenoxy) is 1. The van der Waals surface area contributed by atoms with Crippen molar-refractivity contribution in [2.45, 2.75) is 19.4 Å². The Kier molecular flexibility index (Phi) is 7.46. The van der Waals surface area contributed by atoms with Crippen LogP contribution in [0.1, 0.15) is 17.5 Å². The fourth-order valence-corrected chi connectivity index (χ4v) is 3.78. The van der Waals surface area contributed by atoms with Crippen molar-refractivity contribution in [3.63, 3.8) is 0 Å². The topological polar surface area (TPSA) is 66.9 Å². The fourth-order valence-electron chi connectivity index (χ4n) is 3.58. The van der Waals surface area contributed by atoms with Crippen molar-refractivity contribution in [3.05, 3.63) is 70.7 Å². The van der Waals surface area contributed by atoms with Crippen LogP contribution in [0.3, 0.4) is 0 Å². The lowest BCUT2D eigenvalue weighted by Gasteiger charge is -2.25. The first-order valence-corrected chi connectivity index (χ1v) is 10.3. The molecule has 3 rings (SSSR count). The summed E-state index contributed by atoms with van der Waals surface area (Å²) in [4.78, 5) is 40.7. The second kappa shape index (κ2) is 10.3. The Labute approximate surface area is 181 Å². The van der Waals surface area contributed by atoms with Gasteiger partial charge in [0, 0.05) is 31.1 Å². The molecule has 0 saturated carbocycles. The average molecular weight is 429 g/mol. The molecule has 1 unspecified atom stereocenters. The maximum atomic E-state index is 13.2. The van der Waals surface area contributed by atoms with Crippen LogP contribution in [0.5, 0.6) is 0 Å². The van der Waals surface area contributed by atoms with Crippen molar-refractivity contribution < 1.29 is 19.1 Å². The maximum Gasteiger partial charge on any atom is 0.325 e. The van der Waals surface area contributed by atoms with Crippen LogP contribution >= 0.6 is 11.6 Å². The lowest BCUT2D eigenvalue weighted by Crippen LogP contribution is -2.40. The van der Waals surface area contributed by atoms with Gasteiger partial charge in [-0.15, -0.1) is 0 Å². The van der Waals surface area contributed by atoms with Gasteiger partial charge in [-0.25, -0.2) is 0 Å². The smallest absolute Gasteiger partial charge is 0.325 e. The molecular weight excluding hydrogens is 404 g/mol. The SMILES string of the molecule is COC(=O)CN(Cc1ccccc1Cl)C(=O)C1CC(=O)N(CCc2ccccc2)C1. The molecule has 1 aliphatic heterocycles. The van der Waals surface area contributed by atoms with Gasteiger partial charge in [0.05, 0.1) is 13.0 Å². The predicted octanol–water partition coefficient (Wildman–Crippen LogP) is 2.93. The van der Waals surface area contributed by atoms with Crippen molar-refractivity contribution in [2.75, 3.05) is 26.7 Å². The van der Waals surface area contributed by atoms with Gasteiger partial charge >= 0.3 is 5.97 Å². The zero-order valence-corrected chi connectivity index (χ0v) is 17.7. The van der Waals surface area contributed by atoms with Gasteiger partial charge in [-0.05, 0) is 23.6 Å². The van der Waals surface area contributed by atoms with Gasteiger partial charge in [0.15, 0.2) is 0 Å². The molecule has 1 heterocycles. The maximum absolute atomic E-state index is 13.2. The van der Waals surface area contributed by atoms with E-state index < -0.39 is 11.9 Å². The van der Waals surface area contributed by atoms with Crippen LogP contribution in [0.15, 0.2) is 54.6 Å². The number of hydrogen-bond donors (Lipinski definition) is 0. The third kappa shape index (κ3) is 5.60. The van der Waals surface area contributed by atoms with Crippen LogP contribution in [0.4, 0.5) is 0 Å². The van der Waals surface area contributed by atoms with Gasteiger partial charge in [0.2, 0.25) is 11.8 Å². The third-order valence-electron chi connectivity index (χ3n) is 5.26. The number of nitrogens with zero attached hydrogens (tertiary/aromatic N) is 2. The molecule has 7 heteroatoms. The number of carbonyl (C=O) groups excluding carboxylic acids is 3. The van der Waals surface area contributed by atoms with Crippen LogP contribution in [-0.4, -0.2) is 54.3 Å². The zero-order valence-electron chi connectivity index (χ0n) is 16.9. The molecule has 1 aliphatic rings. The highest BCUT2D eigenvalue weighted by Gasteiger charge is 2.37. The number of benzene rings is 2. The van der Waals surface area contributed by atoms with E-state index in [-0.39, 0.29) is 31.3 Å². The highest BCUT2D eigenvalue weighted by molar-refractivity contribution is 6.31. The number of amides is 2. The van der Waals surface area contributed by atoms with Crippen molar-refractivity contribution >= 4 is 29.4 Å². The van der Waals surface area contributed by atoms with Crippen LogP contribution in [0.25, 0.3) is 0 Å². The number of esters is 1. The van der Waals surface area contributed by atoms with E-state index in [0.29, 0.717) is 18.1 Å². The Morgan fingerprint density at radius 2 is 1.83 bits per heavy atom. The molecule has 30 heavy (non-hydrogen) atoms. The molecule has 0 bridgehead atoms. The first kappa shape index (κ1) is 21.8. The van der Waals surface area contributed by atoms with Gasteiger partial charge in [-0.3, -0.25) is 14.4 Å². The zero-order chi connectivity index (χ0) is 21.5. The molecule has 0 aliphatic carbocycles. The molecule has 0 radical (unpaired) electrons. The molecule has 1 atom stereocenters. The summed E-state index contributed by atoms with van der Waals surface area (Å²) in [6, 6.07) is 17.1. The fraction of sp³-hybridized carbons (Fsp3) is 0.348. The van der Waals surface area contributed by atoms with Crippen LogP contribution < -0.4 is 0 Å². The highest BCUT2D eigenvalue weighted by atomic mass is 35.5. The summed E-state index contributed by atoms with van der Waals surface area (Å²) in [5, 5.41) is 0.521. The number of rotatable bonds is 8. The lowest BCUT2D eigenvalue weighted by atomic mass is 10.1. The predicted molar refractivity (Wildman–Crippen MR) is 114 cm³/mol. The van der Waals surface area contributed by atoms with Crippen molar-refractivity contribution in [1.82, 2.24) is 9.80 Å². The Balaban J connectivity index is 1.66. The summed E-state index contributed by atoms with van der Waals surface area (Å²) in [6.45, 7) is 0.913. The number of hydrogen-bond acceptors (Lipinski definition) is 4. The normalized spacial score (nSPS) is 15.9. The Morgan fingerprint density at radius 1 is 1.13 bits per heavy atom. The largest absolute Gasteiger partial charge is 0.468 e. The van der Waals surface area contributed by atoms with Crippen molar-refractivity contribution in [3.8, 4) is 0 Å². The second-order valence-electron chi connectivity index (χ2n) is 7.34. The van der Waals surface area contributed by atoms with Gasteiger partial charge < -0.3 is 14.5 Å². The Hall–Kier alpha value is -2.86.